The van der Waals surface area contributed by atoms with Gasteiger partial charge in [-0.2, -0.15) is 9.97 Å². The predicted octanol–water partition coefficient (Wildman–Crippen LogP) is 9.22. The molecule has 15 nitrogen and oxygen atoms in total. The maximum atomic E-state index is 17.9. The summed E-state index contributed by atoms with van der Waals surface area (Å²) in [5, 5.41) is 0.231. The topological polar surface area (TPSA) is 137 Å². The van der Waals surface area contributed by atoms with E-state index in [0.29, 0.717) is 80.6 Å². The van der Waals surface area contributed by atoms with Crippen LogP contribution in [0.15, 0.2) is 79.0 Å². The Morgan fingerprint density at radius 3 is 2.27 bits per heavy atom. The molecule has 10 rings (SSSR count). The molecule has 4 aliphatic heterocycles. The second kappa shape index (κ2) is 19.5. The number of carbonyl (C=O) groups excluding carboxylic acids is 1. The van der Waals surface area contributed by atoms with E-state index < -0.39 is 23.3 Å². The number of nitrogens with zero attached hydrogens (tertiary/aromatic N) is 8. The van der Waals surface area contributed by atoms with E-state index in [1.54, 1.807) is 37.4 Å². The molecule has 0 unspecified atom stereocenters. The van der Waals surface area contributed by atoms with E-state index >= 15 is 8.78 Å². The summed E-state index contributed by atoms with van der Waals surface area (Å²) in [5.74, 6) is 0.771. The molecule has 2 fully saturated rings. The van der Waals surface area contributed by atoms with Gasteiger partial charge in [-0.1, -0.05) is 30.3 Å². The molecule has 3 atom stereocenters. The Morgan fingerprint density at radius 1 is 0.843 bits per heavy atom. The van der Waals surface area contributed by atoms with Crippen molar-refractivity contribution in [3.8, 4) is 34.6 Å². The summed E-state index contributed by atoms with van der Waals surface area (Å²) >= 11 is 0. The van der Waals surface area contributed by atoms with Crippen LogP contribution in [0, 0.1) is 18.6 Å². The second-order valence-corrected chi connectivity index (χ2v) is 19.2. The van der Waals surface area contributed by atoms with Crippen LogP contribution in [-0.2, 0) is 22.6 Å². The van der Waals surface area contributed by atoms with Crippen molar-refractivity contribution in [1.29, 1.82) is 0 Å². The quantitative estimate of drug-likeness (QED) is 0.115. The Bertz CT molecular complexity index is 2830. The van der Waals surface area contributed by atoms with Crippen molar-refractivity contribution in [2.45, 2.75) is 83.8 Å². The number of pyridine rings is 2. The number of hydrogen-bond acceptors (Lipinski definition) is 14. The number of aryl methyl sites for hydroxylation is 1. The minimum absolute atomic E-state index is 0.0266. The Balaban J connectivity index is 1.08. The molecule has 2 saturated heterocycles. The minimum atomic E-state index is -0.846. The number of halogens is 2. The predicted molar refractivity (Wildman–Crippen MR) is 261 cm³/mol. The van der Waals surface area contributed by atoms with Gasteiger partial charge in [0.25, 0.3) is 0 Å². The smallest absolute Gasteiger partial charge is 0.416 e. The second-order valence-electron chi connectivity index (χ2n) is 19.2. The number of benzene rings is 3. The van der Waals surface area contributed by atoms with Crippen LogP contribution in [0.5, 0.6) is 23.4 Å². The largest absolute Gasteiger partial charge is 0.497 e. The van der Waals surface area contributed by atoms with Gasteiger partial charge in [-0.3, -0.25) is 9.80 Å². The molecule has 6 aromatic rings. The fraction of sp³-hybridized carbons (Fsp3) is 0.415. The summed E-state index contributed by atoms with van der Waals surface area (Å²) in [5.41, 5.74) is 2.40. The van der Waals surface area contributed by atoms with Crippen LogP contribution >= 0.6 is 0 Å². The van der Waals surface area contributed by atoms with Crippen LogP contribution < -0.4 is 33.6 Å². The molecular formula is C53H58F2N8O7. The highest BCUT2D eigenvalue weighted by Crippen LogP contribution is 2.46. The van der Waals surface area contributed by atoms with Crippen molar-refractivity contribution in [3.05, 3.63) is 113 Å². The Morgan fingerprint density at radius 2 is 1.57 bits per heavy atom. The van der Waals surface area contributed by atoms with Gasteiger partial charge in [0, 0.05) is 55.6 Å². The Labute approximate surface area is 406 Å². The molecule has 1 amide bonds. The van der Waals surface area contributed by atoms with Crippen molar-refractivity contribution < 1.29 is 42.0 Å². The van der Waals surface area contributed by atoms with Gasteiger partial charge >= 0.3 is 12.1 Å². The molecule has 366 valence electrons. The van der Waals surface area contributed by atoms with Crippen LogP contribution in [0.25, 0.3) is 22.2 Å². The summed E-state index contributed by atoms with van der Waals surface area (Å²) < 4.78 is 70.9. The van der Waals surface area contributed by atoms with Gasteiger partial charge in [0.1, 0.15) is 58.5 Å². The standard InChI is InChI=1S/C53H58F2N8O7/c1-32-26-40(44(54)42(27-32)60(28-33-9-15-37(65-5)16-10-33)29-34-11-17-38(66-6)18-12-34)46-45(55)47-43-49(59-51(58-47)69-31-36-14-13-35-30-67-24-22-61(35)36)62(23-25-68-50(43)57-46)41-19-21-63(52(64)70-53(2,3)4)48-39(41)8-7-20-56-48/h7-12,15-18,20,26-27,35-36,41H,13-14,19,21-25,28-31H2,1-6H3/t35-,36-,41+/m0/s1. The number of hydrogen-bond donors (Lipinski definition) is 0. The van der Waals surface area contributed by atoms with Crippen molar-refractivity contribution in [3.63, 3.8) is 0 Å². The normalized spacial score (nSPS) is 18.9. The first-order valence-electron chi connectivity index (χ1n) is 23.9. The zero-order chi connectivity index (χ0) is 48.7. The highest BCUT2D eigenvalue weighted by atomic mass is 19.1. The zero-order valence-corrected chi connectivity index (χ0v) is 40.4. The van der Waals surface area contributed by atoms with Crippen molar-refractivity contribution in [1.82, 2.24) is 24.8 Å². The number of methoxy groups -OCH3 is 2. The molecule has 70 heavy (non-hydrogen) atoms. The van der Waals surface area contributed by atoms with Gasteiger partial charge in [0.2, 0.25) is 5.88 Å². The van der Waals surface area contributed by atoms with Crippen LogP contribution in [0.1, 0.15) is 68.3 Å². The lowest BCUT2D eigenvalue weighted by Crippen LogP contribution is -2.46. The molecular weight excluding hydrogens is 899 g/mol. The van der Waals surface area contributed by atoms with E-state index in [-0.39, 0.29) is 65.0 Å². The zero-order valence-electron chi connectivity index (χ0n) is 40.4. The monoisotopic (exact) mass is 956 g/mol. The lowest BCUT2D eigenvalue weighted by Gasteiger charge is -2.39. The summed E-state index contributed by atoms with van der Waals surface area (Å²) in [6.45, 7) is 11.1. The average Bonchev–Trinajstić information content (AvgIpc) is 3.69. The molecule has 0 radical (unpaired) electrons. The molecule has 0 saturated carbocycles. The van der Waals surface area contributed by atoms with Gasteiger partial charge in [-0.25, -0.2) is 23.5 Å². The number of fused-ring (bicyclic) bond motifs is 2. The molecule has 0 spiro atoms. The fourth-order valence-electron chi connectivity index (χ4n) is 10.1. The van der Waals surface area contributed by atoms with Crippen LogP contribution in [-0.4, -0.2) is 109 Å². The molecule has 3 aromatic carbocycles. The van der Waals surface area contributed by atoms with E-state index in [9.17, 15) is 4.79 Å². The molecule has 3 aromatic heterocycles. The number of rotatable bonds is 12. The van der Waals surface area contributed by atoms with E-state index in [1.807, 2.05) is 98.2 Å². The number of aromatic nitrogens is 4. The Kier molecular flexibility index (Phi) is 13.1. The van der Waals surface area contributed by atoms with Gasteiger partial charge in [-0.15, -0.1) is 0 Å². The highest BCUT2D eigenvalue weighted by molar-refractivity contribution is 5.97. The summed E-state index contributed by atoms with van der Waals surface area (Å²) in [4.78, 5) is 40.8. The van der Waals surface area contributed by atoms with E-state index in [4.69, 9.17) is 43.4 Å². The first-order valence-corrected chi connectivity index (χ1v) is 23.9. The van der Waals surface area contributed by atoms with Crippen LogP contribution in [0.3, 0.4) is 0 Å². The molecule has 7 heterocycles. The first-order chi connectivity index (χ1) is 33.8. The third-order valence-corrected chi connectivity index (χ3v) is 13.4. The maximum Gasteiger partial charge on any atom is 0.416 e. The van der Waals surface area contributed by atoms with Crippen molar-refractivity contribution in [2.75, 3.05) is 75.0 Å². The third kappa shape index (κ3) is 9.43. The Hall–Kier alpha value is -6.85. The van der Waals surface area contributed by atoms with Crippen molar-refractivity contribution >= 4 is 34.3 Å². The average molecular weight is 957 g/mol. The summed E-state index contributed by atoms with van der Waals surface area (Å²) in [7, 11) is 3.22. The highest BCUT2D eigenvalue weighted by Gasteiger charge is 2.40. The van der Waals surface area contributed by atoms with Gasteiger partial charge in [0.15, 0.2) is 11.6 Å². The molecule has 0 N–H and O–H groups in total. The first kappa shape index (κ1) is 46.9. The van der Waals surface area contributed by atoms with E-state index in [2.05, 4.69) is 9.88 Å². The number of carbonyl (C=O) groups is 1. The summed E-state index contributed by atoms with van der Waals surface area (Å²) in [6.07, 6.45) is 3.49. The number of anilines is 3. The maximum absolute atomic E-state index is 17.9. The van der Waals surface area contributed by atoms with Gasteiger partial charge < -0.3 is 38.2 Å². The lowest BCUT2D eigenvalue weighted by atomic mass is 9.97. The minimum Gasteiger partial charge on any atom is -0.497 e. The molecule has 0 bridgehead atoms. The number of ether oxygens (including phenoxy) is 6. The molecule has 0 aliphatic carbocycles. The summed E-state index contributed by atoms with van der Waals surface area (Å²) in [6, 6.07) is 22.3. The van der Waals surface area contributed by atoms with Crippen LogP contribution in [0.4, 0.5) is 30.9 Å². The fourth-order valence-corrected chi connectivity index (χ4v) is 10.1. The number of amides is 1. The lowest BCUT2D eigenvalue weighted by molar-refractivity contribution is -0.0101. The van der Waals surface area contributed by atoms with Gasteiger partial charge in [0.05, 0.1) is 45.7 Å². The third-order valence-electron chi connectivity index (χ3n) is 13.4. The number of morpholine rings is 1. The SMILES string of the molecule is COc1ccc(CN(Cc2ccc(OC)cc2)c2cc(C)cc(-c3nc4c5c(nc(OC[C@@H]6CC[C@H]7COCCN76)nc5c3F)N([C@@H]3CCN(C(=O)OC(C)(C)C)c5ncccc53)CCO4)c2F)cc1. The molecule has 17 heteroatoms. The van der Waals surface area contributed by atoms with Crippen molar-refractivity contribution in [2.24, 2.45) is 0 Å². The van der Waals surface area contributed by atoms with Gasteiger partial charge in [-0.05, 0) is 106 Å². The van der Waals surface area contributed by atoms with Crippen LogP contribution in [0.2, 0.25) is 0 Å². The molecule has 4 aliphatic rings. The van der Waals surface area contributed by atoms with E-state index in [0.717, 1.165) is 36.1 Å². The van der Waals surface area contributed by atoms with E-state index in [1.165, 1.54) is 0 Å².